The summed E-state index contributed by atoms with van der Waals surface area (Å²) in [6, 6.07) is 13.2. The van der Waals surface area contributed by atoms with Crippen molar-refractivity contribution in [3.05, 3.63) is 53.6 Å². The van der Waals surface area contributed by atoms with Gasteiger partial charge in [-0.05, 0) is 57.0 Å². The predicted octanol–water partition coefficient (Wildman–Crippen LogP) is 3.87. The topological polar surface area (TPSA) is 61.4 Å². The van der Waals surface area contributed by atoms with E-state index in [1.165, 1.54) is 5.56 Å². The summed E-state index contributed by atoms with van der Waals surface area (Å²) in [6.45, 7) is 6.59. The van der Waals surface area contributed by atoms with Crippen LogP contribution >= 0.6 is 0 Å². The molecule has 0 aromatic heterocycles. The van der Waals surface area contributed by atoms with E-state index >= 15 is 0 Å². The maximum atomic E-state index is 12.5. The van der Waals surface area contributed by atoms with Gasteiger partial charge < -0.3 is 15.5 Å². The van der Waals surface area contributed by atoms with Crippen molar-refractivity contribution in [2.45, 2.75) is 39.7 Å². The minimum Gasteiger partial charge on any atom is -0.374 e. The fourth-order valence-electron chi connectivity index (χ4n) is 3.20. The monoisotopic (exact) mass is 351 g/mol. The molecule has 0 bridgehead atoms. The van der Waals surface area contributed by atoms with E-state index in [1.807, 2.05) is 63.2 Å². The van der Waals surface area contributed by atoms with Gasteiger partial charge in [0, 0.05) is 30.0 Å². The molecule has 2 aromatic rings. The third-order valence-corrected chi connectivity index (χ3v) is 4.65. The molecule has 0 radical (unpaired) electrons. The lowest BCUT2D eigenvalue weighted by Crippen LogP contribution is -2.32. The smallest absolute Gasteiger partial charge is 0.246 e. The zero-order chi connectivity index (χ0) is 18.7. The van der Waals surface area contributed by atoms with Gasteiger partial charge in [0.05, 0.1) is 0 Å². The van der Waals surface area contributed by atoms with Crippen molar-refractivity contribution in [2.75, 3.05) is 22.1 Å². The van der Waals surface area contributed by atoms with E-state index in [2.05, 4.69) is 10.6 Å². The maximum Gasteiger partial charge on any atom is 0.246 e. The molecule has 1 heterocycles. The summed E-state index contributed by atoms with van der Waals surface area (Å²) in [5.41, 5.74) is 4.73. The predicted molar refractivity (Wildman–Crippen MR) is 106 cm³/mol. The van der Waals surface area contributed by atoms with E-state index in [4.69, 9.17) is 0 Å². The number of benzene rings is 2. The summed E-state index contributed by atoms with van der Waals surface area (Å²) in [5.74, 6) is 0.0578. The zero-order valence-corrected chi connectivity index (χ0v) is 15.5. The molecular weight excluding hydrogens is 326 g/mol. The largest absolute Gasteiger partial charge is 0.374 e. The number of amides is 2. The molecule has 5 nitrogen and oxygen atoms in total. The van der Waals surface area contributed by atoms with Crippen LogP contribution < -0.4 is 15.5 Å². The van der Waals surface area contributed by atoms with Crippen molar-refractivity contribution in [3.8, 4) is 0 Å². The Morgan fingerprint density at radius 3 is 2.65 bits per heavy atom. The lowest BCUT2D eigenvalue weighted by molar-refractivity contribution is -0.117. The second-order valence-corrected chi connectivity index (χ2v) is 6.87. The van der Waals surface area contributed by atoms with Gasteiger partial charge in [-0.2, -0.15) is 0 Å². The van der Waals surface area contributed by atoms with Gasteiger partial charge in [0.25, 0.3) is 0 Å². The Morgan fingerprint density at radius 1 is 1.15 bits per heavy atom. The highest BCUT2D eigenvalue weighted by Gasteiger charge is 2.22. The molecule has 1 fully saturated rings. The second-order valence-electron chi connectivity index (χ2n) is 6.87. The van der Waals surface area contributed by atoms with E-state index in [-0.39, 0.29) is 11.8 Å². The van der Waals surface area contributed by atoms with E-state index in [0.717, 1.165) is 35.6 Å². The number of aryl methyl sites for hydroxylation is 2. The Labute approximate surface area is 154 Å². The van der Waals surface area contributed by atoms with Crippen LogP contribution in [0.2, 0.25) is 0 Å². The first-order valence-corrected chi connectivity index (χ1v) is 8.99. The molecule has 136 valence electrons. The van der Waals surface area contributed by atoms with Crippen LogP contribution in [0.3, 0.4) is 0 Å². The van der Waals surface area contributed by atoms with E-state index < -0.39 is 6.04 Å². The zero-order valence-electron chi connectivity index (χ0n) is 15.5. The highest BCUT2D eigenvalue weighted by Crippen LogP contribution is 2.24. The number of nitrogens with zero attached hydrogens (tertiary/aromatic N) is 1. The summed E-state index contributed by atoms with van der Waals surface area (Å²) in [6.07, 6.45) is 1.50. The van der Waals surface area contributed by atoms with Crippen LogP contribution in [-0.2, 0) is 9.59 Å². The Hall–Kier alpha value is -2.82. The van der Waals surface area contributed by atoms with Gasteiger partial charge in [0.1, 0.15) is 6.04 Å². The van der Waals surface area contributed by atoms with Crippen LogP contribution in [0, 0.1) is 13.8 Å². The average Bonchev–Trinajstić information content (AvgIpc) is 3.03. The summed E-state index contributed by atoms with van der Waals surface area (Å²) < 4.78 is 0. The quantitative estimate of drug-likeness (QED) is 0.860. The molecule has 3 rings (SSSR count). The van der Waals surface area contributed by atoms with Crippen molar-refractivity contribution < 1.29 is 9.59 Å². The first-order chi connectivity index (χ1) is 12.4. The maximum absolute atomic E-state index is 12.5. The fourth-order valence-corrected chi connectivity index (χ4v) is 3.20. The molecule has 2 amide bonds. The molecule has 0 unspecified atom stereocenters. The van der Waals surface area contributed by atoms with Gasteiger partial charge in [-0.15, -0.1) is 0 Å². The number of rotatable bonds is 5. The standard InChI is InChI=1S/C21H25N3O2/c1-14-9-10-19(15(2)12-14)23-21(26)16(3)22-17-6-4-7-18(13-17)24-11-5-8-20(24)25/h4,6-7,9-10,12-13,16,22H,5,8,11H2,1-3H3,(H,23,26)/t16-/m0/s1. The Morgan fingerprint density at radius 2 is 1.96 bits per heavy atom. The molecule has 26 heavy (non-hydrogen) atoms. The average molecular weight is 351 g/mol. The molecule has 5 heteroatoms. The number of nitrogens with one attached hydrogen (secondary N) is 2. The van der Waals surface area contributed by atoms with Gasteiger partial charge in [0.15, 0.2) is 0 Å². The van der Waals surface area contributed by atoms with Crippen LogP contribution in [0.4, 0.5) is 17.1 Å². The third-order valence-electron chi connectivity index (χ3n) is 4.65. The number of carbonyl (C=O) groups is 2. The Kier molecular flexibility index (Phi) is 5.26. The van der Waals surface area contributed by atoms with E-state index in [0.29, 0.717) is 6.42 Å². The van der Waals surface area contributed by atoms with Gasteiger partial charge in [-0.3, -0.25) is 9.59 Å². The van der Waals surface area contributed by atoms with Crippen molar-refractivity contribution in [2.24, 2.45) is 0 Å². The third kappa shape index (κ3) is 4.04. The number of hydrogen-bond acceptors (Lipinski definition) is 3. The first-order valence-electron chi connectivity index (χ1n) is 8.99. The summed E-state index contributed by atoms with van der Waals surface area (Å²) in [4.78, 5) is 26.2. The molecule has 0 spiro atoms. The molecule has 0 aliphatic carbocycles. The highest BCUT2D eigenvalue weighted by molar-refractivity contribution is 5.97. The SMILES string of the molecule is Cc1ccc(NC(=O)[C@H](C)Nc2cccc(N3CCCC3=O)c2)c(C)c1. The van der Waals surface area contributed by atoms with Crippen LogP contribution in [-0.4, -0.2) is 24.4 Å². The van der Waals surface area contributed by atoms with E-state index in [9.17, 15) is 9.59 Å². The van der Waals surface area contributed by atoms with Gasteiger partial charge in [0.2, 0.25) is 11.8 Å². The molecule has 1 atom stereocenters. The van der Waals surface area contributed by atoms with Crippen molar-refractivity contribution >= 4 is 28.9 Å². The Balaban J connectivity index is 1.66. The van der Waals surface area contributed by atoms with Crippen LogP contribution in [0.15, 0.2) is 42.5 Å². The van der Waals surface area contributed by atoms with Crippen LogP contribution in [0.25, 0.3) is 0 Å². The lowest BCUT2D eigenvalue weighted by Gasteiger charge is -2.19. The van der Waals surface area contributed by atoms with Crippen molar-refractivity contribution in [1.82, 2.24) is 0 Å². The second kappa shape index (κ2) is 7.60. The number of carbonyl (C=O) groups excluding carboxylic acids is 2. The molecule has 1 saturated heterocycles. The van der Waals surface area contributed by atoms with Gasteiger partial charge in [-0.1, -0.05) is 23.8 Å². The normalized spacial score (nSPS) is 15.0. The van der Waals surface area contributed by atoms with E-state index in [1.54, 1.807) is 4.90 Å². The molecule has 2 N–H and O–H groups in total. The van der Waals surface area contributed by atoms with Crippen LogP contribution in [0.5, 0.6) is 0 Å². The molecule has 1 aliphatic heterocycles. The number of hydrogen-bond donors (Lipinski definition) is 2. The van der Waals surface area contributed by atoms with Crippen LogP contribution in [0.1, 0.15) is 30.9 Å². The fraction of sp³-hybridized carbons (Fsp3) is 0.333. The molecular formula is C21H25N3O2. The minimum atomic E-state index is -0.403. The summed E-state index contributed by atoms with van der Waals surface area (Å²) >= 11 is 0. The first kappa shape index (κ1) is 18.0. The highest BCUT2D eigenvalue weighted by atomic mass is 16.2. The summed E-state index contributed by atoms with van der Waals surface area (Å²) in [5, 5.41) is 6.19. The Bertz CT molecular complexity index is 832. The van der Waals surface area contributed by atoms with Crippen molar-refractivity contribution in [1.29, 1.82) is 0 Å². The van der Waals surface area contributed by atoms with Gasteiger partial charge >= 0.3 is 0 Å². The molecule has 0 saturated carbocycles. The number of anilines is 3. The molecule has 2 aromatic carbocycles. The van der Waals surface area contributed by atoms with Crippen molar-refractivity contribution in [3.63, 3.8) is 0 Å². The minimum absolute atomic E-state index is 0.0976. The van der Waals surface area contributed by atoms with Gasteiger partial charge in [-0.25, -0.2) is 0 Å². The lowest BCUT2D eigenvalue weighted by atomic mass is 10.1. The summed E-state index contributed by atoms with van der Waals surface area (Å²) in [7, 11) is 0. The molecule has 1 aliphatic rings.